The van der Waals surface area contributed by atoms with Crippen molar-refractivity contribution in [3.8, 4) is 0 Å². The van der Waals surface area contributed by atoms with Gasteiger partial charge >= 0.3 is 0 Å². The van der Waals surface area contributed by atoms with Crippen molar-refractivity contribution in [2.75, 3.05) is 0 Å². The molecule has 168 valence electrons. The van der Waals surface area contributed by atoms with Gasteiger partial charge < -0.3 is 11.5 Å². The number of amides is 2. The van der Waals surface area contributed by atoms with E-state index in [2.05, 4.69) is 19.1 Å². The summed E-state index contributed by atoms with van der Waals surface area (Å²) in [6.07, 6.45) is 21.7. The summed E-state index contributed by atoms with van der Waals surface area (Å²) in [7, 11) is 0. The molecule has 0 aromatic carbocycles. The van der Waals surface area contributed by atoms with E-state index < -0.39 is 17.7 Å². The lowest BCUT2D eigenvalue weighted by molar-refractivity contribution is -0.133. The van der Waals surface area contributed by atoms with E-state index in [0.717, 1.165) is 25.7 Å². The van der Waals surface area contributed by atoms with E-state index in [1.807, 2.05) is 0 Å². The second-order valence-corrected chi connectivity index (χ2v) is 8.11. The lowest BCUT2D eigenvalue weighted by Crippen LogP contribution is -2.30. The number of rotatable bonds is 21. The molecule has 0 rings (SSSR count). The summed E-state index contributed by atoms with van der Waals surface area (Å²) < 4.78 is 0. The summed E-state index contributed by atoms with van der Waals surface area (Å²) in [5.41, 5.74) is 10.4. The number of unbranched alkanes of at least 4 members (excludes halogenated alkanes) is 11. The van der Waals surface area contributed by atoms with Crippen LogP contribution in [-0.2, 0) is 14.4 Å². The molecule has 1 atom stereocenters. The Hall–Kier alpha value is -1.65. The second kappa shape index (κ2) is 19.7. The number of Topliss-reactive ketones (excluding diaryl/α,β-unsaturated/α-hetero) is 1. The van der Waals surface area contributed by atoms with E-state index in [-0.39, 0.29) is 12.2 Å². The quantitative estimate of drug-likeness (QED) is 0.152. The smallest absolute Gasteiger partial charge is 0.227 e. The van der Waals surface area contributed by atoms with Crippen LogP contribution in [0.3, 0.4) is 0 Å². The van der Waals surface area contributed by atoms with Gasteiger partial charge in [-0.25, -0.2) is 0 Å². The maximum absolute atomic E-state index is 12.2. The minimum atomic E-state index is -0.772. The molecule has 0 aromatic heterocycles. The third-order valence-corrected chi connectivity index (χ3v) is 5.33. The first-order valence-electron chi connectivity index (χ1n) is 11.7. The Kier molecular flexibility index (Phi) is 18.5. The number of hydrogen-bond acceptors (Lipinski definition) is 3. The Balaban J connectivity index is 3.60. The van der Waals surface area contributed by atoms with Crippen molar-refractivity contribution in [1.29, 1.82) is 0 Å². The Morgan fingerprint density at radius 2 is 1.21 bits per heavy atom. The fourth-order valence-corrected chi connectivity index (χ4v) is 3.49. The van der Waals surface area contributed by atoms with Crippen LogP contribution in [0.25, 0.3) is 0 Å². The Morgan fingerprint density at radius 3 is 1.72 bits per heavy atom. The number of allylic oxidation sites excluding steroid dienone is 2. The topological polar surface area (TPSA) is 103 Å². The molecule has 0 aliphatic heterocycles. The highest BCUT2D eigenvalue weighted by Gasteiger charge is 2.23. The molecule has 0 saturated heterocycles. The van der Waals surface area contributed by atoms with Gasteiger partial charge in [-0.1, -0.05) is 70.4 Å². The van der Waals surface area contributed by atoms with Gasteiger partial charge in [0, 0.05) is 12.8 Å². The number of nitrogens with two attached hydrogens (primary N) is 2. The minimum absolute atomic E-state index is 0.0976. The van der Waals surface area contributed by atoms with Gasteiger partial charge in [0.1, 0.15) is 5.78 Å². The lowest BCUT2D eigenvalue weighted by Gasteiger charge is -2.11. The van der Waals surface area contributed by atoms with Gasteiger partial charge in [0.25, 0.3) is 0 Å². The number of primary amides is 2. The van der Waals surface area contributed by atoms with E-state index in [9.17, 15) is 14.4 Å². The zero-order chi connectivity index (χ0) is 21.7. The van der Waals surface area contributed by atoms with Crippen molar-refractivity contribution in [2.45, 2.75) is 116 Å². The molecule has 0 heterocycles. The zero-order valence-electron chi connectivity index (χ0n) is 18.6. The SMILES string of the molecule is CCCCCCCC/C=C\CCCCCCCC(=O)C(CCCC(N)=O)C(N)=O. The van der Waals surface area contributed by atoms with Crippen molar-refractivity contribution in [3.05, 3.63) is 12.2 Å². The van der Waals surface area contributed by atoms with Crippen LogP contribution in [0.5, 0.6) is 0 Å². The molecule has 0 spiro atoms. The molecule has 5 nitrogen and oxygen atoms in total. The molecule has 0 saturated carbocycles. The monoisotopic (exact) mass is 408 g/mol. The molecule has 0 aliphatic rings. The lowest BCUT2D eigenvalue weighted by atomic mass is 9.93. The van der Waals surface area contributed by atoms with Crippen LogP contribution in [0, 0.1) is 5.92 Å². The van der Waals surface area contributed by atoms with E-state index in [1.165, 1.54) is 57.8 Å². The predicted molar refractivity (Wildman–Crippen MR) is 120 cm³/mol. The van der Waals surface area contributed by atoms with Crippen LogP contribution in [0.2, 0.25) is 0 Å². The molecule has 0 aliphatic carbocycles. The molecular formula is C24H44N2O3. The molecule has 4 N–H and O–H groups in total. The predicted octanol–water partition coefficient (Wildman–Crippen LogP) is 5.35. The van der Waals surface area contributed by atoms with Gasteiger partial charge in [-0.2, -0.15) is 0 Å². The van der Waals surface area contributed by atoms with Crippen LogP contribution in [-0.4, -0.2) is 17.6 Å². The molecule has 0 radical (unpaired) electrons. The van der Waals surface area contributed by atoms with Crippen molar-refractivity contribution in [1.82, 2.24) is 0 Å². The molecule has 1 unspecified atom stereocenters. The zero-order valence-corrected chi connectivity index (χ0v) is 18.6. The van der Waals surface area contributed by atoms with Gasteiger partial charge in [-0.3, -0.25) is 14.4 Å². The first kappa shape index (κ1) is 27.4. The Labute approximate surface area is 178 Å². The largest absolute Gasteiger partial charge is 0.370 e. The molecule has 5 heteroatoms. The fraction of sp³-hybridized carbons (Fsp3) is 0.792. The second-order valence-electron chi connectivity index (χ2n) is 8.11. The first-order chi connectivity index (χ1) is 14.0. The third-order valence-electron chi connectivity index (χ3n) is 5.33. The molecule has 2 amide bonds. The van der Waals surface area contributed by atoms with E-state index in [0.29, 0.717) is 19.3 Å². The van der Waals surface area contributed by atoms with Crippen LogP contribution < -0.4 is 11.5 Å². The van der Waals surface area contributed by atoms with Crippen LogP contribution >= 0.6 is 0 Å². The summed E-state index contributed by atoms with van der Waals surface area (Å²) in [5, 5.41) is 0. The number of carbonyl (C=O) groups excluding carboxylic acids is 3. The van der Waals surface area contributed by atoms with Gasteiger partial charge in [-0.15, -0.1) is 0 Å². The number of carbonyl (C=O) groups is 3. The molecule has 29 heavy (non-hydrogen) atoms. The first-order valence-corrected chi connectivity index (χ1v) is 11.7. The summed E-state index contributed by atoms with van der Waals surface area (Å²) >= 11 is 0. The maximum atomic E-state index is 12.2. The molecular weight excluding hydrogens is 364 g/mol. The summed E-state index contributed by atoms with van der Waals surface area (Å²) in [6, 6.07) is 0. The minimum Gasteiger partial charge on any atom is -0.370 e. The fourth-order valence-electron chi connectivity index (χ4n) is 3.49. The van der Waals surface area contributed by atoms with Gasteiger partial charge in [0.15, 0.2) is 0 Å². The standard InChI is InChI=1S/C24H44N2O3/c1-2-3-4-5-6-7-8-9-10-11-12-13-14-15-16-19-22(27)21(24(26)29)18-17-20-23(25)28/h9-10,21H,2-8,11-20H2,1H3,(H2,25,28)(H2,26,29)/b10-9-. The van der Waals surface area contributed by atoms with Crippen LogP contribution in [0.1, 0.15) is 116 Å². The van der Waals surface area contributed by atoms with Crippen molar-refractivity contribution >= 4 is 17.6 Å². The van der Waals surface area contributed by atoms with E-state index >= 15 is 0 Å². The van der Waals surface area contributed by atoms with E-state index in [1.54, 1.807) is 0 Å². The summed E-state index contributed by atoms with van der Waals surface area (Å²) in [6.45, 7) is 2.25. The maximum Gasteiger partial charge on any atom is 0.227 e. The van der Waals surface area contributed by atoms with Crippen LogP contribution in [0.4, 0.5) is 0 Å². The third kappa shape index (κ3) is 18.1. The average molecular weight is 409 g/mol. The summed E-state index contributed by atoms with van der Waals surface area (Å²) in [4.78, 5) is 34.4. The van der Waals surface area contributed by atoms with E-state index in [4.69, 9.17) is 11.5 Å². The molecule has 0 fully saturated rings. The number of hydrogen-bond donors (Lipinski definition) is 2. The van der Waals surface area contributed by atoms with Crippen molar-refractivity contribution in [2.24, 2.45) is 17.4 Å². The Morgan fingerprint density at radius 1 is 0.690 bits per heavy atom. The summed E-state index contributed by atoms with van der Waals surface area (Å²) in [5.74, 6) is -1.88. The van der Waals surface area contributed by atoms with Crippen LogP contribution in [0.15, 0.2) is 12.2 Å². The number of ketones is 1. The van der Waals surface area contributed by atoms with Gasteiger partial charge in [-0.05, 0) is 44.9 Å². The highest BCUT2D eigenvalue weighted by Crippen LogP contribution is 2.15. The highest BCUT2D eigenvalue weighted by atomic mass is 16.2. The van der Waals surface area contributed by atoms with Gasteiger partial charge in [0.05, 0.1) is 5.92 Å². The molecule has 0 bridgehead atoms. The Bertz CT molecular complexity index is 475. The van der Waals surface area contributed by atoms with Crippen molar-refractivity contribution in [3.63, 3.8) is 0 Å². The average Bonchev–Trinajstić information content (AvgIpc) is 2.67. The van der Waals surface area contributed by atoms with Crippen molar-refractivity contribution < 1.29 is 14.4 Å². The highest BCUT2D eigenvalue weighted by molar-refractivity contribution is 6.00. The normalized spacial score (nSPS) is 12.3. The van der Waals surface area contributed by atoms with Gasteiger partial charge in [0.2, 0.25) is 11.8 Å². The molecule has 0 aromatic rings.